The highest BCUT2D eigenvalue weighted by Gasteiger charge is 2.06. The van der Waals surface area contributed by atoms with Crippen molar-refractivity contribution < 1.29 is 9.59 Å². The zero-order valence-corrected chi connectivity index (χ0v) is 15.7. The van der Waals surface area contributed by atoms with Gasteiger partial charge in [0.2, 0.25) is 11.8 Å². The van der Waals surface area contributed by atoms with Gasteiger partial charge in [0, 0.05) is 22.3 Å². The molecule has 0 radical (unpaired) electrons. The molecule has 0 aliphatic carbocycles. The molecule has 2 rings (SSSR count). The number of pyridine rings is 1. The Kier molecular flexibility index (Phi) is 7.55. The van der Waals surface area contributed by atoms with Gasteiger partial charge in [-0.15, -0.1) is 0 Å². The van der Waals surface area contributed by atoms with Crippen molar-refractivity contribution in [2.75, 3.05) is 22.1 Å². The molecule has 1 aromatic carbocycles. The summed E-state index contributed by atoms with van der Waals surface area (Å²) in [5, 5.41) is 5.90. The lowest BCUT2D eigenvalue weighted by Crippen LogP contribution is -2.16. The van der Waals surface area contributed by atoms with Gasteiger partial charge in [-0.2, -0.15) is 11.8 Å². The molecule has 0 unspecified atom stereocenters. The molecule has 5 nitrogen and oxygen atoms in total. The molecule has 8 heteroatoms. The Balaban J connectivity index is 1.63. The van der Waals surface area contributed by atoms with Crippen LogP contribution in [-0.2, 0) is 9.59 Å². The number of nitrogens with one attached hydrogen (secondary N) is 2. The summed E-state index contributed by atoms with van der Waals surface area (Å²) in [7, 11) is 0. The van der Waals surface area contributed by atoms with Crippen molar-refractivity contribution in [2.24, 2.45) is 0 Å². The van der Waals surface area contributed by atoms with Gasteiger partial charge >= 0.3 is 0 Å². The predicted octanol–water partition coefficient (Wildman–Crippen LogP) is 4.20. The lowest BCUT2D eigenvalue weighted by atomic mass is 10.3. The van der Waals surface area contributed by atoms with E-state index in [4.69, 9.17) is 11.6 Å². The number of anilines is 2. The first-order valence-electron chi connectivity index (χ1n) is 7.07. The first kappa shape index (κ1) is 18.8. The number of halogens is 2. The largest absolute Gasteiger partial charge is 0.325 e. The highest BCUT2D eigenvalue weighted by Crippen LogP contribution is 2.15. The molecule has 0 spiro atoms. The van der Waals surface area contributed by atoms with Crippen LogP contribution in [0.15, 0.2) is 47.1 Å². The van der Waals surface area contributed by atoms with E-state index < -0.39 is 0 Å². The van der Waals surface area contributed by atoms with E-state index in [1.54, 1.807) is 12.1 Å². The van der Waals surface area contributed by atoms with Gasteiger partial charge in [0.25, 0.3) is 0 Å². The molecular weight excluding hydrogens is 414 g/mol. The summed E-state index contributed by atoms with van der Waals surface area (Å²) in [5.41, 5.74) is 1.35. The van der Waals surface area contributed by atoms with Crippen LogP contribution in [0, 0.1) is 0 Å². The van der Waals surface area contributed by atoms with Gasteiger partial charge in [-0.05, 0) is 36.4 Å². The predicted molar refractivity (Wildman–Crippen MR) is 103 cm³/mol. The summed E-state index contributed by atoms with van der Waals surface area (Å²) >= 11 is 10.4. The van der Waals surface area contributed by atoms with Gasteiger partial charge in [0.05, 0.1) is 17.6 Å². The van der Waals surface area contributed by atoms with Gasteiger partial charge in [-0.25, -0.2) is 4.98 Å². The van der Waals surface area contributed by atoms with Crippen LogP contribution in [-0.4, -0.2) is 28.3 Å². The van der Waals surface area contributed by atoms with Crippen LogP contribution in [0.5, 0.6) is 0 Å². The molecule has 126 valence electrons. The number of rotatable bonds is 7. The number of benzene rings is 1. The maximum atomic E-state index is 11.8. The Morgan fingerprint density at radius 2 is 1.71 bits per heavy atom. The Morgan fingerprint density at radius 1 is 1.04 bits per heavy atom. The molecule has 0 atom stereocenters. The number of carbonyl (C=O) groups excluding carboxylic acids is 2. The Morgan fingerprint density at radius 3 is 2.38 bits per heavy atom. The van der Waals surface area contributed by atoms with E-state index in [2.05, 4.69) is 31.5 Å². The van der Waals surface area contributed by atoms with E-state index in [0.717, 1.165) is 10.2 Å². The van der Waals surface area contributed by atoms with E-state index in [9.17, 15) is 9.59 Å². The molecular formula is C16H15BrClN3O2S. The van der Waals surface area contributed by atoms with Gasteiger partial charge in [-0.3, -0.25) is 9.59 Å². The fourth-order valence-corrected chi connectivity index (χ4v) is 2.84. The number of nitrogens with zero attached hydrogens (tertiary/aromatic N) is 1. The third kappa shape index (κ3) is 6.90. The second-order valence-corrected chi connectivity index (χ2v) is 7.18. The summed E-state index contributed by atoms with van der Waals surface area (Å²) in [4.78, 5) is 27.5. The monoisotopic (exact) mass is 427 g/mol. The third-order valence-corrected chi connectivity index (χ3v) is 4.56. The fraction of sp³-hybridized carbons (Fsp3) is 0.188. The number of carbonyl (C=O) groups is 2. The Hall–Kier alpha value is -1.57. The average molecular weight is 429 g/mol. The van der Waals surface area contributed by atoms with Gasteiger partial charge < -0.3 is 10.6 Å². The van der Waals surface area contributed by atoms with Gasteiger partial charge in [-0.1, -0.05) is 27.5 Å². The first-order valence-corrected chi connectivity index (χ1v) is 9.40. The van der Waals surface area contributed by atoms with Crippen molar-refractivity contribution >= 4 is 62.5 Å². The van der Waals surface area contributed by atoms with Crippen molar-refractivity contribution in [3.63, 3.8) is 0 Å². The van der Waals surface area contributed by atoms with E-state index in [0.29, 0.717) is 28.8 Å². The van der Waals surface area contributed by atoms with Gasteiger partial charge in [0.15, 0.2) is 0 Å². The van der Waals surface area contributed by atoms with Crippen molar-refractivity contribution in [2.45, 2.75) is 6.42 Å². The Labute approximate surface area is 157 Å². The molecule has 1 heterocycles. The lowest BCUT2D eigenvalue weighted by molar-refractivity contribution is -0.116. The van der Waals surface area contributed by atoms with Crippen LogP contribution in [0.2, 0.25) is 5.15 Å². The maximum Gasteiger partial charge on any atom is 0.234 e. The quantitative estimate of drug-likeness (QED) is 0.512. The average Bonchev–Trinajstić information content (AvgIpc) is 2.56. The van der Waals surface area contributed by atoms with Crippen molar-refractivity contribution in [1.82, 2.24) is 4.98 Å². The Bertz CT molecular complexity index is 634. The van der Waals surface area contributed by atoms with E-state index >= 15 is 0 Å². The maximum absolute atomic E-state index is 11.8. The molecule has 2 N–H and O–H groups in total. The van der Waals surface area contributed by atoms with Crippen LogP contribution in [0.4, 0.5) is 11.4 Å². The first-order chi connectivity index (χ1) is 11.5. The molecule has 0 saturated heterocycles. The smallest absolute Gasteiger partial charge is 0.234 e. The van der Waals surface area contributed by atoms with E-state index in [1.807, 2.05) is 24.3 Å². The van der Waals surface area contributed by atoms with Crippen LogP contribution in [0.3, 0.4) is 0 Å². The normalized spacial score (nSPS) is 10.2. The number of hydrogen-bond donors (Lipinski definition) is 2. The molecule has 0 aliphatic rings. The van der Waals surface area contributed by atoms with Crippen LogP contribution < -0.4 is 10.6 Å². The SMILES string of the molecule is O=C(CCSCC(=O)Nc1ccc(Br)cc1)Nc1ccc(Cl)nc1. The second kappa shape index (κ2) is 9.66. The highest BCUT2D eigenvalue weighted by atomic mass is 79.9. The summed E-state index contributed by atoms with van der Waals surface area (Å²) in [6.07, 6.45) is 1.82. The number of aromatic nitrogens is 1. The summed E-state index contributed by atoms with van der Waals surface area (Å²) < 4.78 is 0.955. The van der Waals surface area contributed by atoms with Crippen molar-refractivity contribution in [3.05, 3.63) is 52.2 Å². The van der Waals surface area contributed by atoms with Crippen LogP contribution >= 0.6 is 39.3 Å². The molecule has 0 saturated carbocycles. The fourth-order valence-electron chi connectivity index (χ4n) is 1.73. The van der Waals surface area contributed by atoms with Gasteiger partial charge in [0.1, 0.15) is 5.15 Å². The summed E-state index contributed by atoms with van der Waals surface area (Å²) in [6.45, 7) is 0. The number of hydrogen-bond acceptors (Lipinski definition) is 4. The topological polar surface area (TPSA) is 71.1 Å². The number of amides is 2. The highest BCUT2D eigenvalue weighted by molar-refractivity contribution is 9.10. The minimum atomic E-state index is -0.125. The lowest BCUT2D eigenvalue weighted by Gasteiger charge is -2.06. The molecule has 2 amide bonds. The zero-order chi connectivity index (χ0) is 17.4. The van der Waals surface area contributed by atoms with Crippen LogP contribution in [0.25, 0.3) is 0 Å². The van der Waals surface area contributed by atoms with Crippen molar-refractivity contribution in [3.8, 4) is 0 Å². The molecule has 2 aromatic rings. The molecule has 0 bridgehead atoms. The molecule has 0 fully saturated rings. The standard InChI is InChI=1S/C16H15BrClN3O2S/c17-11-1-3-12(4-2-11)20-16(23)10-24-8-7-15(22)21-13-5-6-14(18)19-9-13/h1-6,9H,7-8,10H2,(H,20,23)(H,21,22). The van der Waals surface area contributed by atoms with E-state index in [-0.39, 0.29) is 11.8 Å². The minimum absolute atomic E-state index is 0.0929. The summed E-state index contributed by atoms with van der Waals surface area (Å²) in [6, 6.07) is 10.7. The third-order valence-electron chi connectivity index (χ3n) is 2.85. The van der Waals surface area contributed by atoms with Crippen molar-refractivity contribution in [1.29, 1.82) is 0 Å². The molecule has 0 aliphatic heterocycles. The van der Waals surface area contributed by atoms with E-state index in [1.165, 1.54) is 18.0 Å². The number of thioether (sulfide) groups is 1. The second-order valence-electron chi connectivity index (χ2n) is 4.78. The summed E-state index contributed by atoms with van der Waals surface area (Å²) in [5.74, 6) is 0.636. The minimum Gasteiger partial charge on any atom is -0.325 e. The molecule has 24 heavy (non-hydrogen) atoms. The molecule has 1 aromatic heterocycles. The van der Waals surface area contributed by atoms with Crippen LogP contribution in [0.1, 0.15) is 6.42 Å². The zero-order valence-electron chi connectivity index (χ0n) is 12.6.